The van der Waals surface area contributed by atoms with E-state index in [2.05, 4.69) is 10.3 Å². The molecule has 3 aromatic carbocycles. The van der Waals surface area contributed by atoms with Gasteiger partial charge in [-0.2, -0.15) is 4.98 Å². The number of rotatable bonds is 10. The van der Waals surface area contributed by atoms with Crippen LogP contribution in [0.3, 0.4) is 0 Å². The molecule has 0 atom stereocenters. The smallest absolute Gasteiger partial charge is 0.294 e. The van der Waals surface area contributed by atoms with Gasteiger partial charge in [-0.3, -0.25) is 10.1 Å². The van der Waals surface area contributed by atoms with Crippen LogP contribution in [0.25, 0.3) is 33.2 Å². The molecule has 14 heteroatoms. The first-order valence-electron chi connectivity index (χ1n) is 14.7. The Labute approximate surface area is 270 Å². The Morgan fingerprint density at radius 1 is 0.957 bits per heavy atom. The zero-order valence-electron chi connectivity index (χ0n) is 26.5. The highest BCUT2D eigenvalue weighted by Crippen LogP contribution is 2.37. The number of halogens is 1. The van der Waals surface area contributed by atoms with Crippen LogP contribution in [0.15, 0.2) is 84.0 Å². The molecule has 0 saturated heterocycles. The van der Waals surface area contributed by atoms with Gasteiger partial charge in [0, 0.05) is 73.2 Å². The minimum atomic E-state index is -4.08. The third-order valence-corrected chi connectivity index (χ3v) is 9.70. The van der Waals surface area contributed by atoms with Gasteiger partial charge >= 0.3 is 0 Å². The van der Waals surface area contributed by atoms with Crippen LogP contribution >= 0.6 is 0 Å². The van der Waals surface area contributed by atoms with Gasteiger partial charge in [0.15, 0.2) is 5.65 Å². The van der Waals surface area contributed by atoms with Crippen LogP contribution in [-0.2, 0) is 17.1 Å². The fraction of sp³-hybridized carbons (Fsp3) is 0.212. The monoisotopic (exact) mass is 656 g/mol. The first-order chi connectivity index (χ1) is 22.3. The molecule has 0 amide bonds. The molecule has 242 valence electrons. The number of nitrogens with one attached hydrogen (secondary N) is 1. The normalized spacial score (nSPS) is 11.9. The largest absolute Gasteiger partial charge is 0.368 e. The molecule has 0 fully saturated rings. The third kappa shape index (κ3) is 6.00. The van der Waals surface area contributed by atoms with E-state index in [0.717, 1.165) is 15.1 Å². The molecule has 0 spiro atoms. The van der Waals surface area contributed by atoms with Crippen molar-refractivity contribution in [1.29, 1.82) is 0 Å². The van der Waals surface area contributed by atoms with Crippen molar-refractivity contribution in [1.82, 2.24) is 23.4 Å². The van der Waals surface area contributed by atoms with E-state index in [-0.39, 0.29) is 22.2 Å². The van der Waals surface area contributed by atoms with E-state index in [1.807, 2.05) is 42.4 Å². The van der Waals surface area contributed by atoms with Gasteiger partial charge in [-0.25, -0.2) is 21.8 Å². The molecule has 0 aliphatic carbocycles. The number of nitro groups is 1. The van der Waals surface area contributed by atoms with Crippen LogP contribution < -0.4 is 10.2 Å². The van der Waals surface area contributed by atoms with E-state index in [1.165, 1.54) is 36.5 Å². The van der Waals surface area contributed by atoms with Crippen molar-refractivity contribution in [2.24, 2.45) is 7.05 Å². The van der Waals surface area contributed by atoms with Gasteiger partial charge in [-0.1, -0.05) is 17.7 Å². The number of nitro benzene ring substituents is 1. The standard InChI is InChI=1S/C33H33FN8O4S/c1-21-6-10-24(11-7-21)47(45,46)41-15-14-25-31(27-20-40(5)28-12-8-22(34)18-26(27)28)36-33(37-32(25)41)35-23-9-13-29(30(19-23)42(43)44)39(4)17-16-38(2)3/h6-15,18-20H,16-17H2,1-5H3,(H,35,36,37). The SMILES string of the molecule is Cc1ccc(S(=O)(=O)n2ccc3c(-c4cn(C)c5ccc(F)cc45)nc(Nc4ccc(N(C)CCN(C)C)c([N+](=O)[O-])c4)nc32)cc1. The molecule has 0 radical (unpaired) electrons. The summed E-state index contributed by atoms with van der Waals surface area (Å²) in [6, 6.07) is 17.2. The predicted octanol–water partition coefficient (Wildman–Crippen LogP) is 5.92. The zero-order valence-corrected chi connectivity index (χ0v) is 27.3. The number of hydrogen-bond donors (Lipinski definition) is 1. The van der Waals surface area contributed by atoms with Crippen LogP contribution in [0.1, 0.15) is 5.56 Å². The summed E-state index contributed by atoms with van der Waals surface area (Å²) < 4.78 is 45.1. The maximum Gasteiger partial charge on any atom is 0.294 e. The van der Waals surface area contributed by atoms with Crippen LogP contribution in [0.5, 0.6) is 0 Å². The van der Waals surface area contributed by atoms with Gasteiger partial charge in [-0.05, 0) is 69.6 Å². The molecule has 3 aromatic heterocycles. The number of hydrogen-bond acceptors (Lipinski definition) is 9. The molecule has 0 aliphatic heterocycles. The van der Waals surface area contributed by atoms with Gasteiger partial charge < -0.3 is 19.7 Å². The second kappa shape index (κ2) is 12.1. The lowest BCUT2D eigenvalue weighted by Gasteiger charge is -2.21. The van der Waals surface area contributed by atoms with E-state index in [1.54, 1.807) is 49.6 Å². The second-order valence-electron chi connectivity index (χ2n) is 11.7. The minimum Gasteiger partial charge on any atom is -0.368 e. The molecule has 3 heterocycles. The zero-order chi connectivity index (χ0) is 33.6. The molecule has 0 bridgehead atoms. The second-order valence-corrected chi connectivity index (χ2v) is 13.5. The molecular formula is C33H33FN8O4S. The van der Waals surface area contributed by atoms with Crippen molar-refractivity contribution >= 4 is 55.0 Å². The lowest BCUT2D eigenvalue weighted by molar-refractivity contribution is -0.384. The topological polar surface area (TPSA) is 131 Å². The average molecular weight is 657 g/mol. The Morgan fingerprint density at radius 2 is 1.70 bits per heavy atom. The van der Waals surface area contributed by atoms with Gasteiger partial charge in [-0.15, -0.1) is 0 Å². The van der Waals surface area contributed by atoms with Crippen molar-refractivity contribution in [3.8, 4) is 11.3 Å². The van der Waals surface area contributed by atoms with Crippen LogP contribution in [-0.4, -0.2) is 71.0 Å². The maximum absolute atomic E-state index is 14.5. The van der Waals surface area contributed by atoms with Crippen molar-refractivity contribution in [2.75, 3.05) is 44.4 Å². The molecule has 12 nitrogen and oxygen atoms in total. The Hall–Kier alpha value is -5.34. The lowest BCUT2D eigenvalue weighted by atomic mass is 10.1. The number of benzene rings is 3. The first-order valence-corrected chi connectivity index (χ1v) is 16.1. The summed E-state index contributed by atoms with van der Waals surface area (Å²) in [5.41, 5.74) is 3.32. The number of aromatic nitrogens is 4. The van der Waals surface area contributed by atoms with Gasteiger partial charge in [0.25, 0.3) is 15.7 Å². The van der Waals surface area contributed by atoms with Crippen LogP contribution in [0, 0.1) is 22.9 Å². The van der Waals surface area contributed by atoms with Crippen molar-refractivity contribution in [3.63, 3.8) is 0 Å². The van der Waals surface area contributed by atoms with Gasteiger partial charge in [0.2, 0.25) is 5.95 Å². The Morgan fingerprint density at radius 3 is 2.40 bits per heavy atom. The number of anilines is 3. The van der Waals surface area contributed by atoms with Gasteiger partial charge in [0.05, 0.1) is 15.5 Å². The van der Waals surface area contributed by atoms with E-state index in [9.17, 15) is 22.9 Å². The first kappa shape index (κ1) is 31.6. The highest BCUT2D eigenvalue weighted by molar-refractivity contribution is 7.90. The van der Waals surface area contributed by atoms with Crippen molar-refractivity contribution in [3.05, 3.63) is 101 Å². The Bertz CT molecular complexity index is 2260. The summed E-state index contributed by atoms with van der Waals surface area (Å²) in [5.74, 6) is -0.431. The summed E-state index contributed by atoms with van der Waals surface area (Å²) in [6.45, 7) is 3.14. The van der Waals surface area contributed by atoms with Crippen molar-refractivity contribution < 1.29 is 17.7 Å². The maximum atomic E-state index is 14.5. The lowest BCUT2D eigenvalue weighted by Crippen LogP contribution is -2.28. The number of aryl methyl sites for hydroxylation is 2. The molecular weight excluding hydrogens is 623 g/mol. The number of fused-ring (bicyclic) bond motifs is 2. The molecule has 6 rings (SSSR count). The van der Waals surface area contributed by atoms with Crippen LogP contribution in [0.4, 0.5) is 27.4 Å². The van der Waals surface area contributed by atoms with E-state index >= 15 is 0 Å². The number of nitrogens with zero attached hydrogens (tertiary/aromatic N) is 7. The molecule has 0 saturated carbocycles. The quantitative estimate of drug-likeness (QED) is 0.141. The van der Waals surface area contributed by atoms with E-state index < -0.39 is 20.8 Å². The summed E-state index contributed by atoms with van der Waals surface area (Å²) in [5, 5.41) is 16.2. The highest BCUT2D eigenvalue weighted by atomic mass is 32.2. The third-order valence-electron chi connectivity index (χ3n) is 8.02. The average Bonchev–Trinajstić information content (AvgIpc) is 3.60. The molecule has 47 heavy (non-hydrogen) atoms. The fourth-order valence-electron chi connectivity index (χ4n) is 5.49. The van der Waals surface area contributed by atoms with E-state index in [4.69, 9.17) is 4.98 Å². The Balaban J connectivity index is 1.52. The van der Waals surface area contributed by atoms with Gasteiger partial charge in [0.1, 0.15) is 11.5 Å². The molecule has 0 unspecified atom stereocenters. The van der Waals surface area contributed by atoms with Crippen LogP contribution in [0.2, 0.25) is 0 Å². The van der Waals surface area contributed by atoms with E-state index in [0.29, 0.717) is 46.5 Å². The van der Waals surface area contributed by atoms with Crippen molar-refractivity contribution in [2.45, 2.75) is 11.8 Å². The highest BCUT2D eigenvalue weighted by Gasteiger charge is 2.25. The fourth-order valence-corrected chi connectivity index (χ4v) is 6.79. The number of likely N-dealkylation sites (N-methyl/N-ethyl adjacent to an activating group) is 2. The summed E-state index contributed by atoms with van der Waals surface area (Å²) in [4.78, 5) is 24.9. The summed E-state index contributed by atoms with van der Waals surface area (Å²) >= 11 is 0. The summed E-state index contributed by atoms with van der Waals surface area (Å²) in [6.07, 6.45) is 3.21. The summed E-state index contributed by atoms with van der Waals surface area (Å²) in [7, 11) is 3.39. The minimum absolute atomic E-state index is 0.00275. The Kier molecular flexibility index (Phi) is 8.15. The molecule has 0 aliphatic rings. The predicted molar refractivity (Wildman–Crippen MR) is 181 cm³/mol. The molecule has 6 aromatic rings. The molecule has 1 N–H and O–H groups in total.